The molecule has 1 aromatic rings. The number of aliphatic hydroxyl groups is 1. The van der Waals surface area contributed by atoms with Gasteiger partial charge in [-0.25, -0.2) is 4.79 Å². The first-order chi connectivity index (χ1) is 10.7. The van der Waals surface area contributed by atoms with E-state index in [9.17, 15) is 9.90 Å². The third kappa shape index (κ3) is 7.37. The molecular weight excluding hydrogens is 292 g/mol. The highest BCUT2D eigenvalue weighted by Crippen LogP contribution is 2.26. The summed E-state index contributed by atoms with van der Waals surface area (Å²) in [6.07, 6.45) is 1.15. The van der Waals surface area contributed by atoms with Crippen LogP contribution in [-0.2, 0) is 0 Å². The topological polar surface area (TPSA) is 70.6 Å². The van der Waals surface area contributed by atoms with Crippen LogP contribution in [0.25, 0.3) is 0 Å². The lowest BCUT2D eigenvalue weighted by Gasteiger charge is -2.26. The standard InChI is InChI=1S/C18H30N2O3/c1-6-9-23-16-10-13(2)7-8-15(16)20-17(22)19-12-18(4,5)11-14(3)21/h7-8,10,14,21H,6,9,11-12H2,1-5H3,(H2,19,20,22). The lowest BCUT2D eigenvalue weighted by Crippen LogP contribution is -2.38. The molecule has 130 valence electrons. The van der Waals surface area contributed by atoms with Gasteiger partial charge in [-0.2, -0.15) is 0 Å². The Morgan fingerprint density at radius 2 is 2.09 bits per heavy atom. The molecule has 5 nitrogen and oxygen atoms in total. The first kappa shape index (κ1) is 19.3. The molecule has 3 N–H and O–H groups in total. The fraction of sp³-hybridized carbons (Fsp3) is 0.611. The molecule has 0 aromatic heterocycles. The van der Waals surface area contributed by atoms with Gasteiger partial charge in [0, 0.05) is 6.54 Å². The number of aryl methyl sites for hydroxylation is 1. The molecular formula is C18H30N2O3. The van der Waals surface area contributed by atoms with E-state index in [0.717, 1.165) is 12.0 Å². The van der Waals surface area contributed by atoms with Crippen molar-refractivity contribution in [1.29, 1.82) is 0 Å². The number of rotatable bonds is 8. The third-order valence-corrected chi connectivity index (χ3v) is 3.42. The van der Waals surface area contributed by atoms with E-state index in [-0.39, 0.29) is 17.6 Å². The number of amides is 2. The normalized spacial score (nSPS) is 12.6. The fourth-order valence-electron chi connectivity index (χ4n) is 2.42. The minimum Gasteiger partial charge on any atom is -0.491 e. The molecule has 23 heavy (non-hydrogen) atoms. The summed E-state index contributed by atoms with van der Waals surface area (Å²) in [5.74, 6) is 0.685. The van der Waals surface area contributed by atoms with E-state index in [1.807, 2.05) is 45.9 Å². The highest BCUT2D eigenvalue weighted by molar-refractivity contribution is 5.91. The first-order valence-corrected chi connectivity index (χ1v) is 8.20. The second-order valence-corrected chi connectivity index (χ2v) is 6.87. The number of anilines is 1. The van der Waals surface area contributed by atoms with Crippen LogP contribution in [0.3, 0.4) is 0 Å². The van der Waals surface area contributed by atoms with Crippen molar-refractivity contribution in [1.82, 2.24) is 5.32 Å². The predicted molar refractivity (Wildman–Crippen MR) is 94.1 cm³/mol. The third-order valence-electron chi connectivity index (χ3n) is 3.42. The van der Waals surface area contributed by atoms with Gasteiger partial charge in [-0.05, 0) is 49.8 Å². The second kappa shape index (κ2) is 8.77. The molecule has 0 radical (unpaired) electrons. The van der Waals surface area contributed by atoms with Gasteiger partial charge in [0.2, 0.25) is 0 Å². The van der Waals surface area contributed by atoms with Gasteiger partial charge in [-0.3, -0.25) is 0 Å². The molecule has 0 spiro atoms. The van der Waals surface area contributed by atoms with Crippen molar-refractivity contribution in [3.63, 3.8) is 0 Å². The molecule has 0 saturated heterocycles. The predicted octanol–water partition coefficient (Wildman–Crippen LogP) is 3.70. The summed E-state index contributed by atoms with van der Waals surface area (Å²) in [6, 6.07) is 5.43. The van der Waals surface area contributed by atoms with E-state index in [1.54, 1.807) is 6.92 Å². The summed E-state index contributed by atoms with van der Waals surface area (Å²) in [5, 5.41) is 15.2. The van der Waals surface area contributed by atoms with Gasteiger partial charge in [0.1, 0.15) is 5.75 Å². The molecule has 0 aliphatic rings. The van der Waals surface area contributed by atoms with Gasteiger partial charge in [0.25, 0.3) is 0 Å². The average molecular weight is 322 g/mol. The number of hydrogen-bond donors (Lipinski definition) is 3. The molecule has 0 aliphatic heterocycles. The summed E-state index contributed by atoms with van der Waals surface area (Å²) < 4.78 is 5.69. The SMILES string of the molecule is CCCOc1cc(C)ccc1NC(=O)NCC(C)(C)CC(C)O. The molecule has 0 heterocycles. The molecule has 1 atom stereocenters. The van der Waals surface area contributed by atoms with E-state index in [2.05, 4.69) is 10.6 Å². The summed E-state index contributed by atoms with van der Waals surface area (Å²) in [4.78, 5) is 12.1. The number of carbonyl (C=O) groups is 1. The van der Waals surface area contributed by atoms with E-state index >= 15 is 0 Å². The number of hydrogen-bond acceptors (Lipinski definition) is 3. The number of benzene rings is 1. The first-order valence-electron chi connectivity index (χ1n) is 8.20. The van der Waals surface area contributed by atoms with Crippen molar-refractivity contribution in [3.8, 4) is 5.75 Å². The Bertz CT molecular complexity index is 513. The number of ether oxygens (including phenoxy) is 1. The van der Waals surface area contributed by atoms with Gasteiger partial charge in [0.15, 0.2) is 0 Å². The molecule has 0 fully saturated rings. The Morgan fingerprint density at radius 1 is 1.39 bits per heavy atom. The van der Waals surface area contributed by atoms with Crippen molar-refractivity contribution >= 4 is 11.7 Å². The Kier molecular flexibility index (Phi) is 7.36. The fourth-order valence-corrected chi connectivity index (χ4v) is 2.42. The highest BCUT2D eigenvalue weighted by atomic mass is 16.5. The Balaban J connectivity index is 2.63. The second-order valence-electron chi connectivity index (χ2n) is 6.87. The lowest BCUT2D eigenvalue weighted by atomic mass is 9.87. The minimum absolute atomic E-state index is 0.166. The molecule has 0 aliphatic carbocycles. The van der Waals surface area contributed by atoms with Crippen LogP contribution in [0.4, 0.5) is 10.5 Å². The van der Waals surface area contributed by atoms with Crippen molar-refractivity contribution < 1.29 is 14.6 Å². The molecule has 0 bridgehead atoms. The Hall–Kier alpha value is -1.75. The van der Waals surface area contributed by atoms with Gasteiger partial charge in [-0.1, -0.05) is 26.8 Å². The zero-order chi connectivity index (χ0) is 17.5. The number of urea groups is 1. The molecule has 0 saturated carbocycles. The molecule has 1 aromatic carbocycles. The summed E-state index contributed by atoms with van der Waals surface area (Å²) in [5.41, 5.74) is 1.58. The van der Waals surface area contributed by atoms with Crippen LogP contribution in [0.1, 0.15) is 46.1 Å². The number of nitrogens with one attached hydrogen (secondary N) is 2. The molecule has 2 amide bonds. The Morgan fingerprint density at radius 3 is 2.70 bits per heavy atom. The zero-order valence-corrected chi connectivity index (χ0v) is 14.9. The minimum atomic E-state index is -0.388. The summed E-state index contributed by atoms with van der Waals surface area (Å²) in [6.45, 7) is 10.9. The molecule has 5 heteroatoms. The largest absolute Gasteiger partial charge is 0.491 e. The Labute approximate surface area is 139 Å². The van der Waals surface area contributed by atoms with Crippen LogP contribution in [0.15, 0.2) is 18.2 Å². The van der Waals surface area contributed by atoms with Crippen molar-refractivity contribution in [2.75, 3.05) is 18.5 Å². The van der Waals surface area contributed by atoms with Crippen molar-refractivity contribution in [3.05, 3.63) is 23.8 Å². The lowest BCUT2D eigenvalue weighted by molar-refractivity contribution is 0.129. The maximum absolute atomic E-state index is 12.1. The average Bonchev–Trinajstić information content (AvgIpc) is 2.44. The highest BCUT2D eigenvalue weighted by Gasteiger charge is 2.21. The van der Waals surface area contributed by atoms with Crippen LogP contribution >= 0.6 is 0 Å². The van der Waals surface area contributed by atoms with Crippen LogP contribution in [0.2, 0.25) is 0 Å². The molecule has 1 unspecified atom stereocenters. The van der Waals surface area contributed by atoms with Crippen LogP contribution in [0, 0.1) is 12.3 Å². The van der Waals surface area contributed by atoms with E-state index in [0.29, 0.717) is 31.0 Å². The van der Waals surface area contributed by atoms with Gasteiger partial charge >= 0.3 is 6.03 Å². The zero-order valence-electron chi connectivity index (χ0n) is 14.9. The van der Waals surface area contributed by atoms with Gasteiger partial charge in [0.05, 0.1) is 18.4 Å². The quantitative estimate of drug-likeness (QED) is 0.683. The van der Waals surface area contributed by atoms with Crippen molar-refractivity contribution in [2.45, 2.75) is 53.6 Å². The van der Waals surface area contributed by atoms with Gasteiger partial charge < -0.3 is 20.5 Å². The maximum atomic E-state index is 12.1. The monoisotopic (exact) mass is 322 g/mol. The van der Waals surface area contributed by atoms with Crippen molar-refractivity contribution in [2.24, 2.45) is 5.41 Å². The number of aliphatic hydroxyl groups excluding tert-OH is 1. The van der Waals surface area contributed by atoms with Crippen LogP contribution in [-0.4, -0.2) is 30.4 Å². The number of carbonyl (C=O) groups excluding carboxylic acids is 1. The van der Waals surface area contributed by atoms with E-state index in [4.69, 9.17) is 4.74 Å². The van der Waals surface area contributed by atoms with Crippen LogP contribution < -0.4 is 15.4 Å². The summed E-state index contributed by atoms with van der Waals surface area (Å²) in [7, 11) is 0. The van der Waals surface area contributed by atoms with Crippen LogP contribution in [0.5, 0.6) is 5.75 Å². The van der Waals surface area contributed by atoms with E-state index < -0.39 is 0 Å². The van der Waals surface area contributed by atoms with E-state index in [1.165, 1.54) is 0 Å². The maximum Gasteiger partial charge on any atom is 0.319 e. The molecule has 1 rings (SSSR count). The van der Waals surface area contributed by atoms with Gasteiger partial charge in [-0.15, -0.1) is 0 Å². The summed E-state index contributed by atoms with van der Waals surface area (Å²) >= 11 is 0. The smallest absolute Gasteiger partial charge is 0.319 e.